The van der Waals surface area contributed by atoms with Crippen molar-refractivity contribution in [3.63, 3.8) is 0 Å². The van der Waals surface area contributed by atoms with Crippen molar-refractivity contribution < 1.29 is 0 Å². The van der Waals surface area contributed by atoms with Crippen LogP contribution in [0.4, 0.5) is 11.6 Å². The van der Waals surface area contributed by atoms with E-state index in [0.717, 1.165) is 37.0 Å². The summed E-state index contributed by atoms with van der Waals surface area (Å²) in [4.78, 5) is 11.3. The first-order valence-corrected chi connectivity index (χ1v) is 7.34. The van der Waals surface area contributed by atoms with E-state index in [1.807, 2.05) is 6.07 Å². The van der Waals surface area contributed by atoms with Gasteiger partial charge in [0.2, 0.25) is 0 Å². The Balaban J connectivity index is 3.03. The van der Waals surface area contributed by atoms with Gasteiger partial charge in [-0.05, 0) is 12.8 Å². The van der Waals surface area contributed by atoms with E-state index in [4.69, 9.17) is 5.26 Å². The van der Waals surface area contributed by atoms with E-state index in [2.05, 4.69) is 53.9 Å². The fourth-order valence-corrected chi connectivity index (χ4v) is 2.00. The van der Waals surface area contributed by atoms with Gasteiger partial charge >= 0.3 is 0 Å². The standard InChI is InChI=1S/C15H25N5/c1-5-13-18-14(17-6-2)10-15(19-13)20(9-7-8-16)11-12(3)4/h10,12H,5-7,9,11H2,1-4H3,(H,17,18,19). The molecule has 1 heterocycles. The van der Waals surface area contributed by atoms with Crippen molar-refractivity contribution >= 4 is 11.6 Å². The van der Waals surface area contributed by atoms with Gasteiger partial charge in [-0.3, -0.25) is 0 Å². The molecule has 5 nitrogen and oxygen atoms in total. The molecule has 0 spiro atoms. The van der Waals surface area contributed by atoms with Gasteiger partial charge in [-0.15, -0.1) is 0 Å². The lowest BCUT2D eigenvalue weighted by Gasteiger charge is -2.25. The van der Waals surface area contributed by atoms with E-state index in [0.29, 0.717) is 18.9 Å². The molecular formula is C15H25N5. The molecule has 0 aliphatic heterocycles. The number of anilines is 2. The zero-order valence-corrected chi connectivity index (χ0v) is 13.0. The van der Waals surface area contributed by atoms with E-state index in [9.17, 15) is 0 Å². The highest BCUT2D eigenvalue weighted by atomic mass is 15.2. The molecule has 1 rings (SSSR count). The van der Waals surface area contributed by atoms with Gasteiger partial charge in [0, 0.05) is 32.1 Å². The third-order valence-corrected chi connectivity index (χ3v) is 2.84. The third-order valence-electron chi connectivity index (χ3n) is 2.84. The first kappa shape index (κ1) is 16.2. The van der Waals surface area contributed by atoms with E-state index in [1.165, 1.54) is 0 Å². The predicted octanol–water partition coefficient (Wildman–Crippen LogP) is 2.85. The molecule has 0 fully saturated rings. The molecule has 1 N–H and O–H groups in total. The summed E-state index contributed by atoms with van der Waals surface area (Å²) >= 11 is 0. The first-order valence-electron chi connectivity index (χ1n) is 7.34. The first-order chi connectivity index (χ1) is 9.60. The van der Waals surface area contributed by atoms with Crippen molar-refractivity contribution in [2.24, 2.45) is 5.92 Å². The van der Waals surface area contributed by atoms with E-state index in [-0.39, 0.29) is 0 Å². The molecule has 20 heavy (non-hydrogen) atoms. The second kappa shape index (κ2) is 8.36. The van der Waals surface area contributed by atoms with E-state index < -0.39 is 0 Å². The van der Waals surface area contributed by atoms with Crippen LogP contribution in [-0.4, -0.2) is 29.6 Å². The Labute approximate surface area is 122 Å². The molecule has 0 saturated heterocycles. The highest BCUT2D eigenvalue weighted by Gasteiger charge is 2.12. The van der Waals surface area contributed by atoms with Crippen molar-refractivity contribution in [3.05, 3.63) is 11.9 Å². The molecular weight excluding hydrogens is 250 g/mol. The predicted molar refractivity (Wildman–Crippen MR) is 82.9 cm³/mol. The fraction of sp³-hybridized carbons (Fsp3) is 0.667. The van der Waals surface area contributed by atoms with Gasteiger partial charge in [0.05, 0.1) is 12.5 Å². The summed E-state index contributed by atoms with van der Waals surface area (Å²) < 4.78 is 0. The molecule has 0 aliphatic carbocycles. The summed E-state index contributed by atoms with van der Waals surface area (Å²) in [5, 5.41) is 12.1. The Bertz CT molecular complexity index is 450. The largest absolute Gasteiger partial charge is 0.370 e. The third kappa shape index (κ3) is 5.04. The van der Waals surface area contributed by atoms with Crippen molar-refractivity contribution in [2.45, 2.75) is 40.5 Å². The fourth-order valence-electron chi connectivity index (χ4n) is 2.00. The van der Waals surface area contributed by atoms with Gasteiger partial charge < -0.3 is 10.2 Å². The topological polar surface area (TPSA) is 64.8 Å². The monoisotopic (exact) mass is 275 g/mol. The number of nitriles is 1. The Morgan fingerprint density at radius 1 is 1.35 bits per heavy atom. The molecule has 1 aromatic rings. The zero-order chi connectivity index (χ0) is 15.0. The highest BCUT2D eigenvalue weighted by Crippen LogP contribution is 2.18. The lowest BCUT2D eigenvalue weighted by molar-refractivity contribution is 0.606. The minimum Gasteiger partial charge on any atom is -0.370 e. The minimum atomic E-state index is 0.509. The number of rotatable bonds is 8. The van der Waals surface area contributed by atoms with Crippen LogP contribution in [-0.2, 0) is 6.42 Å². The molecule has 0 atom stereocenters. The Hall–Kier alpha value is -1.83. The van der Waals surface area contributed by atoms with Crippen molar-refractivity contribution in [2.75, 3.05) is 29.9 Å². The van der Waals surface area contributed by atoms with Crippen LogP contribution >= 0.6 is 0 Å². The summed E-state index contributed by atoms with van der Waals surface area (Å²) in [6.45, 7) is 10.9. The molecule has 0 saturated carbocycles. The van der Waals surface area contributed by atoms with Crippen LogP contribution in [0.2, 0.25) is 0 Å². The Morgan fingerprint density at radius 2 is 2.10 bits per heavy atom. The SMILES string of the molecule is CCNc1cc(N(CCC#N)CC(C)C)nc(CC)n1. The van der Waals surface area contributed by atoms with Crippen molar-refractivity contribution in [1.29, 1.82) is 5.26 Å². The van der Waals surface area contributed by atoms with Crippen LogP contribution in [0.3, 0.4) is 0 Å². The van der Waals surface area contributed by atoms with Gasteiger partial charge in [0.15, 0.2) is 0 Å². The molecule has 0 aliphatic rings. The smallest absolute Gasteiger partial charge is 0.134 e. The summed E-state index contributed by atoms with van der Waals surface area (Å²) in [6.07, 6.45) is 1.31. The lowest BCUT2D eigenvalue weighted by atomic mass is 10.2. The summed E-state index contributed by atoms with van der Waals surface area (Å²) in [7, 11) is 0. The van der Waals surface area contributed by atoms with Crippen molar-refractivity contribution in [1.82, 2.24) is 9.97 Å². The van der Waals surface area contributed by atoms with Crippen LogP contribution < -0.4 is 10.2 Å². The number of nitrogens with one attached hydrogen (secondary N) is 1. The number of nitrogens with zero attached hydrogens (tertiary/aromatic N) is 4. The molecule has 0 radical (unpaired) electrons. The Morgan fingerprint density at radius 3 is 2.65 bits per heavy atom. The van der Waals surface area contributed by atoms with Gasteiger partial charge in [0.1, 0.15) is 17.5 Å². The van der Waals surface area contributed by atoms with Crippen LogP contribution in [0.1, 0.15) is 39.9 Å². The van der Waals surface area contributed by atoms with Gasteiger partial charge in [-0.1, -0.05) is 20.8 Å². The molecule has 0 bridgehead atoms. The number of hydrogen-bond acceptors (Lipinski definition) is 5. The van der Waals surface area contributed by atoms with Crippen LogP contribution in [0, 0.1) is 17.2 Å². The molecule has 110 valence electrons. The molecule has 5 heteroatoms. The van der Waals surface area contributed by atoms with Crippen LogP contribution in [0.25, 0.3) is 0 Å². The number of hydrogen-bond donors (Lipinski definition) is 1. The van der Waals surface area contributed by atoms with Crippen LogP contribution in [0.15, 0.2) is 6.07 Å². The maximum absolute atomic E-state index is 8.81. The second-order valence-electron chi connectivity index (χ2n) is 5.16. The zero-order valence-electron chi connectivity index (χ0n) is 13.0. The average Bonchev–Trinajstić information content (AvgIpc) is 2.43. The van der Waals surface area contributed by atoms with E-state index >= 15 is 0 Å². The molecule has 1 aromatic heterocycles. The molecule has 0 aromatic carbocycles. The average molecular weight is 275 g/mol. The summed E-state index contributed by atoms with van der Waals surface area (Å²) in [5.74, 6) is 3.14. The van der Waals surface area contributed by atoms with Gasteiger partial charge in [-0.25, -0.2) is 9.97 Å². The quantitative estimate of drug-likeness (QED) is 0.790. The lowest BCUT2D eigenvalue weighted by Crippen LogP contribution is -2.30. The Kier molecular flexibility index (Phi) is 6.78. The number of aryl methyl sites for hydroxylation is 1. The minimum absolute atomic E-state index is 0.509. The van der Waals surface area contributed by atoms with Gasteiger partial charge in [-0.2, -0.15) is 5.26 Å². The van der Waals surface area contributed by atoms with Crippen LogP contribution in [0.5, 0.6) is 0 Å². The van der Waals surface area contributed by atoms with Crippen molar-refractivity contribution in [3.8, 4) is 6.07 Å². The molecule has 0 unspecified atom stereocenters. The van der Waals surface area contributed by atoms with E-state index in [1.54, 1.807) is 0 Å². The summed E-state index contributed by atoms with van der Waals surface area (Å²) in [5.41, 5.74) is 0. The second-order valence-corrected chi connectivity index (χ2v) is 5.16. The maximum atomic E-state index is 8.81. The maximum Gasteiger partial charge on any atom is 0.134 e. The normalized spacial score (nSPS) is 10.4. The number of aromatic nitrogens is 2. The summed E-state index contributed by atoms with van der Waals surface area (Å²) in [6, 6.07) is 4.18. The van der Waals surface area contributed by atoms with Gasteiger partial charge in [0.25, 0.3) is 0 Å². The molecule has 0 amide bonds. The highest BCUT2D eigenvalue weighted by molar-refractivity contribution is 5.49.